The van der Waals surface area contributed by atoms with Gasteiger partial charge in [0.1, 0.15) is 0 Å². The van der Waals surface area contributed by atoms with Crippen molar-refractivity contribution in [3.05, 3.63) is 41.4 Å². The molecule has 2 N–H and O–H groups in total. The summed E-state index contributed by atoms with van der Waals surface area (Å²) in [5.41, 5.74) is 1.45. The van der Waals surface area contributed by atoms with Crippen LogP contribution in [0.25, 0.3) is 0 Å². The van der Waals surface area contributed by atoms with Gasteiger partial charge in [0, 0.05) is 36.5 Å². The van der Waals surface area contributed by atoms with E-state index in [1.165, 1.54) is 11.3 Å². The third kappa shape index (κ3) is 4.04. The van der Waals surface area contributed by atoms with Crippen molar-refractivity contribution in [1.29, 1.82) is 0 Å². The van der Waals surface area contributed by atoms with Crippen LogP contribution in [0.15, 0.2) is 35.8 Å². The van der Waals surface area contributed by atoms with E-state index in [2.05, 4.69) is 15.6 Å². The fourth-order valence-electron chi connectivity index (χ4n) is 1.52. The molecule has 0 saturated carbocycles. The van der Waals surface area contributed by atoms with Gasteiger partial charge in [0.2, 0.25) is 0 Å². The Labute approximate surface area is 115 Å². The van der Waals surface area contributed by atoms with E-state index in [9.17, 15) is 4.79 Å². The van der Waals surface area contributed by atoms with Gasteiger partial charge < -0.3 is 15.4 Å². The van der Waals surface area contributed by atoms with E-state index in [1.54, 1.807) is 25.4 Å². The van der Waals surface area contributed by atoms with Crippen molar-refractivity contribution in [2.45, 2.75) is 0 Å². The largest absolute Gasteiger partial charge is 0.383 e. The highest BCUT2D eigenvalue weighted by Gasteiger charge is 2.06. The molecule has 19 heavy (non-hydrogen) atoms. The van der Waals surface area contributed by atoms with E-state index >= 15 is 0 Å². The highest BCUT2D eigenvalue weighted by Crippen LogP contribution is 2.19. The minimum atomic E-state index is -0.111. The second-order valence-corrected chi connectivity index (χ2v) is 4.69. The van der Waals surface area contributed by atoms with Crippen LogP contribution in [-0.4, -0.2) is 31.2 Å². The Bertz CT molecular complexity index is 528. The molecule has 1 aromatic heterocycles. The Morgan fingerprint density at radius 3 is 3.11 bits per heavy atom. The summed E-state index contributed by atoms with van der Waals surface area (Å²) in [6.45, 7) is 1.00. The Morgan fingerprint density at radius 1 is 1.47 bits per heavy atom. The smallest absolute Gasteiger partial charge is 0.251 e. The molecule has 1 amide bonds. The van der Waals surface area contributed by atoms with Gasteiger partial charge in [0.15, 0.2) is 5.13 Å². The minimum absolute atomic E-state index is 0.111. The number of nitrogens with one attached hydrogen (secondary N) is 2. The van der Waals surface area contributed by atoms with Crippen molar-refractivity contribution < 1.29 is 9.53 Å². The number of hydrogen-bond acceptors (Lipinski definition) is 5. The number of carbonyl (C=O) groups excluding carboxylic acids is 1. The summed E-state index contributed by atoms with van der Waals surface area (Å²) in [4.78, 5) is 16.0. The standard InChI is InChI=1S/C13H15N3O2S/c1-18-7-5-14-12(17)10-3-2-4-11(9-10)16-13-15-6-8-19-13/h2-4,6,8-9H,5,7H2,1H3,(H,14,17)(H,15,16). The molecular formula is C13H15N3O2S. The van der Waals surface area contributed by atoms with Gasteiger partial charge >= 0.3 is 0 Å². The zero-order valence-corrected chi connectivity index (χ0v) is 11.4. The lowest BCUT2D eigenvalue weighted by atomic mass is 10.2. The SMILES string of the molecule is COCCNC(=O)c1cccc(Nc2nccs2)c1. The molecule has 0 aliphatic heterocycles. The molecule has 0 aliphatic rings. The number of ether oxygens (including phenoxy) is 1. The summed E-state index contributed by atoms with van der Waals surface area (Å²) in [7, 11) is 1.60. The van der Waals surface area contributed by atoms with Gasteiger partial charge in [0.25, 0.3) is 5.91 Å². The van der Waals surface area contributed by atoms with Gasteiger partial charge in [-0.05, 0) is 18.2 Å². The molecular weight excluding hydrogens is 262 g/mol. The number of rotatable bonds is 6. The maximum atomic E-state index is 11.9. The lowest BCUT2D eigenvalue weighted by molar-refractivity contribution is 0.0937. The molecule has 0 saturated heterocycles. The van der Waals surface area contributed by atoms with Crippen LogP contribution < -0.4 is 10.6 Å². The average Bonchev–Trinajstić information content (AvgIpc) is 2.92. The summed E-state index contributed by atoms with van der Waals surface area (Å²) in [5, 5.41) is 8.63. The molecule has 0 bridgehead atoms. The first-order valence-electron chi connectivity index (χ1n) is 5.83. The predicted molar refractivity (Wildman–Crippen MR) is 76.0 cm³/mol. The predicted octanol–water partition coefficient (Wildman–Crippen LogP) is 2.26. The van der Waals surface area contributed by atoms with Crippen molar-refractivity contribution in [3.8, 4) is 0 Å². The lowest BCUT2D eigenvalue weighted by Crippen LogP contribution is -2.26. The fourth-order valence-corrected chi connectivity index (χ4v) is 2.06. The quantitative estimate of drug-likeness (QED) is 0.795. The van der Waals surface area contributed by atoms with Crippen molar-refractivity contribution in [2.75, 3.05) is 25.6 Å². The molecule has 0 aliphatic carbocycles. The van der Waals surface area contributed by atoms with Crippen LogP contribution in [0.1, 0.15) is 10.4 Å². The second-order valence-electron chi connectivity index (χ2n) is 3.79. The molecule has 5 nitrogen and oxygen atoms in total. The van der Waals surface area contributed by atoms with Crippen LogP contribution >= 0.6 is 11.3 Å². The number of carbonyl (C=O) groups is 1. The Balaban J connectivity index is 2.00. The van der Waals surface area contributed by atoms with Gasteiger partial charge in [-0.15, -0.1) is 11.3 Å². The number of amides is 1. The summed E-state index contributed by atoms with van der Waals surface area (Å²) in [6, 6.07) is 7.30. The second kappa shape index (κ2) is 6.86. The van der Waals surface area contributed by atoms with Crippen LogP contribution in [0.2, 0.25) is 0 Å². The highest BCUT2D eigenvalue weighted by molar-refractivity contribution is 7.13. The third-order valence-corrected chi connectivity index (χ3v) is 3.09. The molecule has 100 valence electrons. The van der Waals surface area contributed by atoms with E-state index in [1.807, 2.05) is 17.5 Å². The third-order valence-electron chi connectivity index (χ3n) is 2.40. The molecule has 1 heterocycles. The molecule has 1 aromatic carbocycles. The number of aromatic nitrogens is 1. The zero-order valence-electron chi connectivity index (χ0n) is 10.6. The van der Waals surface area contributed by atoms with Crippen molar-refractivity contribution >= 4 is 28.1 Å². The van der Waals surface area contributed by atoms with E-state index < -0.39 is 0 Å². The number of methoxy groups -OCH3 is 1. The van der Waals surface area contributed by atoms with Crippen molar-refractivity contribution in [3.63, 3.8) is 0 Å². The summed E-state index contributed by atoms with van der Waals surface area (Å²) in [6.07, 6.45) is 1.73. The minimum Gasteiger partial charge on any atom is -0.383 e. The van der Waals surface area contributed by atoms with Gasteiger partial charge in [-0.1, -0.05) is 6.07 Å². The van der Waals surface area contributed by atoms with E-state index in [-0.39, 0.29) is 5.91 Å². The van der Waals surface area contributed by atoms with Crippen LogP contribution in [0.4, 0.5) is 10.8 Å². The van der Waals surface area contributed by atoms with Crippen LogP contribution in [0.3, 0.4) is 0 Å². The normalized spacial score (nSPS) is 10.2. The fraction of sp³-hybridized carbons (Fsp3) is 0.231. The number of nitrogens with zero attached hydrogens (tertiary/aromatic N) is 1. The topological polar surface area (TPSA) is 63.2 Å². The van der Waals surface area contributed by atoms with Gasteiger partial charge in [-0.2, -0.15) is 0 Å². The molecule has 6 heteroatoms. The zero-order chi connectivity index (χ0) is 13.5. The average molecular weight is 277 g/mol. The first kappa shape index (κ1) is 13.5. The van der Waals surface area contributed by atoms with Crippen molar-refractivity contribution in [1.82, 2.24) is 10.3 Å². The van der Waals surface area contributed by atoms with Crippen LogP contribution in [0, 0.1) is 0 Å². The first-order chi connectivity index (χ1) is 9.29. The Kier molecular flexibility index (Phi) is 4.88. The molecule has 0 spiro atoms. The van der Waals surface area contributed by atoms with Crippen molar-refractivity contribution in [2.24, 2.45) is 0 Å². The van der Waals surface area contributed by atoms with Gasteiger partial charge in [0.05, 0.1) is 6.61 Å². The summed E-state index contributed by atoms with van der Waals surface area (Å²) in [5.74, 6) is -0.111. The van der Waals surface area contributed by atoms with Gasteiger partial charge in [-0.25, -0.2) is 4.98 Å². The highest BCUT2D eigenvalue weighted by atomic mass is 32.1. The molecule has 0 fully saturated rings. The van der Waals surface area contributed by atoms with Crippen LogP contribution in [0.5, 0.6) is 0 Å². The maximum Gasteiger partial charge on any atom is 0.251 e. The first-order valence-corrected chi connectivity index (χ1v) is 6.71. The maximum absolute atomic E-state index is 11.9. The van der Waals surface area contributed by atoms with Crippen LogP contribution in [-0.2, 0) is 4.74 Å². The Morgan fingerprint density at radius 2 is 2.37 bits per heavy atom. The summed E-state index contributed by atoms with van der Waals surface area (Å²) < 4.78 is 4.89. The number of benzene rings is 1. The molecule has 2 rings (SSSR count). The lowest BCUT2D eigenvalue weighted by Gasteiger charge is -2.07. The summed E-state index contributed by atoms with van der Waals surface area (Å²) >= 11 is 1.51. The van der Waals surface area contributed by atoms with Gasteiger partial charge in [-0.3, -0.25) is 4.79 Å². The monoisotopic (exact) mass is 277 g/mol. The molecule has 2 aromatic rings. The Hall–Kier alpha value is -1.92. The number of anilines is 2. The molecule has 0 unspecified atom stereocenters. The molecule has 0 radical (unpaired) electrons. The van der Waals surface area contributed by atoms with E-state index in [0.29, 0.717) is 18.7 Å². The number of hydrogen-bond donors (Lipinski definition) is 2. The number of thiazole rings is 1. The van der Waals surface area contributed by atoms with E-state index in [0.717, 1.165) is 10.8 Å². The molecule has 0 atom stereocenters. The van der Waals surface area contributed by atoms with E-state index in [4.69, 9.17) is 4.74 Å².